The van der Waals surface area contributed by atoms with Gasteiger partial charge in [0, 0.05) is 24.1 Å². The Morgan fingerprint density at radius 3 is 2.76 bits per heavy atom. The molecule has 2 amide bonds. The normalized spacial score (nSPS) is 17.1. The Labute approximate surface area is 223 Å². The molecule has 0 aliphatic heterocycles. The summed E-state index contributed by atoms with van der Waals surface area (Å²) in [6, 6.07) is 10.9. The number of benzene rings is 1. The van der Waals surface area contributed by atoms with Crippen LogP contribution in [-0.4, -0.2) is 27.9 Å². The summed E-state index contributed by atoms with van der Waals surface area (Å²) in [4.78, 5) is 34.7. The molecule has 5 rings (SSSR count). The first kappa shape index (κ1) is 24.9. The maximum Gasteiger partial charge on any atom is 0.256 e. The summed E-state index contributed by atoms with van der Waals surface area (Å²) in [5.41, 5.74) is 1.44. The first-order valence-electron chi connectivity index (χ1n) is 11.9. The molecule has 0 radical (unpaired) electrons. The molecule has 188 valence electrons. The van der Waals surface area contributed by atoms with Crippen LogP contribution in [0, 0.1) is 17.2 Å². The molecule has 1 saturated carbocycles. The van der Waals surface area contributed by atoms with Gasteiger partial charge in [0.15, 0.2) is 5.13 Å². The van der Waals surface area contributed by atoms with Gasteiger partial charge in [-0.15, -0.1) is 0 Å². The number of ether oxygens (including phenoxy) is 1. The number of thiazole rings is 1. The molecule has 1 atom stereocenters. The van der Waals surface area contributed by atoms with Gasteiger partial charge in [0.1, 0.15) is 16.5 Å². The molecule has 0 bridgehead atoms. The fourth-order valence-corrected chi connectivity index (χ4v) is 5.19. The minimum atomic E-state index is -0.824. The average molecular weight is 534 g/mol. The smallest absolute Gasteiger partial charge is 0.256 e. The van der Waals surface area contributed by atoms with Crippen LogP contribution < -0.4 is 15.4 Å². The van der Waals surface area contributed by atoms with Crippen molar-refractivity contribution >= 4 is 50.2 Å². The molecular weight excluding hydrogens is 510 g/mol. The van der Waals surface area contributed by atoms with Crippen molar-refractivity contribution in [3.05, 3.63) is 70.4 Å². The third-order valence-corrected chi connectivity index (χ3v) is 7.48. The predicted molar refractivity (Wildman–Crippen MR) is 143 cm³/mol. The second-order valence-electron chi connectivity index (χ2n) is 9.55. The van der Waals surface area contributed by atoms with Crippen LogP contribution in [0.3, 0.4) is 0 Å². The fourth-order valence-electron chi connectivity index (χ4n) is 3.91. The van der Waals surface area contributed by atoms with Crippen LogP contribution in [0.1, 0.15) is 49.0 Å². The number of nitrogens with one attached hydrogen (secondary N) is 2. The second-order valence-corrected chi connectivity index (χ2v) is 10.9. The molecule has 2 aromatic heterocycles. The van der Waals surface area contributed by atoms with Crippen LogP contribution in [0.15, 0.2) is 54.3 Å². The van der Waals surface area contributed by atoms with E-state index in [0.29, 0.717) is 44.6 Å². The molecule has 0 spiro atoms. The quantitative estimate of drug-likeness (QED) is 0.413. The summed E-state index contributed by atoms with van der Waals surface area (Å²) < 4.78 is 6.06. The van der Waals surface area contributed by atoms with Gasteiger partial charge in [-0.05, 0) is 56.5 Å². The van der Waals surface area contributed by atoms with Gasteiger partial charge in [-0.3, -0.25) is 9.59 Å². The molecule has 2 aliphatic carbocycles. The molecule has 8 nitrogen and oxygen atoms in total. The summed E-state index contributed by atoms with van der Waals surface area (Å²) in [6.45, 7) is 3.52. The Morgan fingerprint density at radius 2 is 2.00 bits per heavy atom. The maximum atomic E-state index is 13.0. The number of aromatic nitrogens is 2. The summed E-state index contributed by atoms with van der Waals surface area (Å²) in [5.74, 6) is 0.175. The van der Waals surface area contributed by atoms with Crippen molar-refractivity contribution in [2.24, 2.45) is 5.92 Å². The van der Waals surface area contributed by atoms with Gasteiger partial charge in [0.25, 0.3) is 5.91 Å². The molecule has 3 aromatic rings. The number of pyridine rings is 1. The van der Waals surface area contributed by atoms with Crippen molar-refractivity contribution in [2.75, 3.05) is 5.32 Å². The SMILES string of the molecule is CC(C)(C#N)c1cccc(C(=O)NC2=CC=CC(Oc3ccc4nc(NC(=O)C5CC5)sc4n3)C2)c1Cl. The Bertz CT molecular complexity index is 1500. The minimum absolute atomic E-state index is 0.00558. The number of fused-ring (bicyclic) bond motifs is 1. The Hall–Kier alpha value is -3.74. The number of anilines is 1. The van der Waals surface area contributed by atoms with E-state index in [4.69, 9.17) is 16.3 Å². The van der Waals surface area contributed by atoms with Crippen molar-refractivity contribution in [3.63, 3.8) is 0 Å². The van der Waals surface area contributed by atoms with E-state index in [1.807, 2.05) is 24.3 Å². The monoisotopic (exact) mass is 533 g/mol. The average Bonchev–Trinajstić information content (AvgIpc) is 3.65. The van der Waals surface area contributed by atoms with Gasteiger partial charge in [-0.2, -0.15) is 5.26 Å². The van der Waals surface area contributed by atoms with Gasteiger partial charge >= 0.3 is 0 Å². The number of allylic oxidation sites excluding steroid dienone is 2. The molecule has 2 aliphatic rings. The molecule has 1 aromatic carbocycles. The van der Waals surface area contributed by atoms with Crippen LogP contribution >= 0.6 is 22.9 Å². The van der Waals surface area contributed by atoms with Gasteiger partial charge in [-0.25, -0.2) is 9.97 Å². The van der Waals surface area contributed by atoms with Crippen molar-refractivity contribution in [1.82, 2.24) is 15.3 Å². The molecule has 37 heavy (non-hydrogen) atoms. The lowest BCUT2D eigenvalue weighted by Gasteiger charge is -2.21. The Kier molecular flexibility index (Phi) is 6.71. The van der Waals surface area contributed by atoms with Gasteiger partial charge in [0.2, 0.25) is 11.8 Å². The van der Waals surface area contributed by atoms with Crippen LogP contribution in [-0.2, 0) is 10.2 Å². The number of nitrogens with zero attached hydrogens (tertiary/aromatic N) is 3. The van der Waals surface area contributed by atoms with Gasteiger partial charge in [0.05, 0.1) is 22.1 Å². The minimum Gasteiger partial charge on any atom is -0.470 e. The number of hydrogen-bond donors (Lipinski definition) is 2. The van der Waals surface area contributed by atoms with Crippen LogP contribution in [0.5, 0.6) is 5.88 Å². The summed E-state index contributed by atoms with van der Waals surface area (Å²) in [7, 11) is 0. The molecule has 10 heteroatoms. The zero-order valence-electron chi connectivity index (χ0n) is 20.2. The standard InChI is InChI=1S/C27H24ClN5O3S/c1-27(2,14-29)19-8-4-7-18(22(19)28)24(35)30-16-5-3-6-17(13-16)36-21-12-11-20-25(32-21)37-26(31-20)33-23(34)15-9-10-15/h3-8,11-12,15,17H,9-10,13H2,1-2H3,(H,30,35)(H,31,33,34). The molecule has 2 N–H and O–H groups in total. The van der Waals surface area contributed by atoms with E-state index in [0.717, 1.165) is 12.8 Å². The fraction of sp³-hybridized carbons (Fsp3) is 0.296. The number of carbonyl (C=O) groups is 2. The highest BCUT2D eigenvalue weighted by Gasteiger charge is 2.30. The lowest BCUT2D eigenvalue weighted by molar-refractivity contribution is -0.117. The van der Waals surface area contributed by atoms with Crippen LogP contribution in [0.25, 0.3) is 10.3 Å². The maximum absolute atomic E-state index is 13.0. The van der Waals surface area contributed by atoms with E-state index < -0.39 is 5.41 Å². The van der Waals surface area contributed by atoms with E-state index in [1.165, 1.54) is 11.3 Å². The zero-order chi connectivity index (χ0) is 26.2. The number of hydrogen-bond acceptors (Lipinski definition) is 7. The van der Waals surface area contributed by atoms with E-state index in [9.17, 15) is 14.9 Å². The van der Waals surface area contributed by atoms with E-state index in [-0.39, 0.29) is 28.9 Å². The molecule has 0 saturated heterocycles. The number of rotatable bonds is 7. The summed E-state index contributed by atoms with van der Waals surface area (Å²) in [5, 5.41) is 16.0. The highest BCUT2D eigenvalue weighted by molar-refractivity contribution is 7.21. The van der Waals surface area contributed by atoms with E-state index in [2.05, 4.69) is 26.7 Å². The lowest BCUT2D eigenvalue weighted by Crippen LogP contribution is -2.29. The molecule has 2 heterocycles. The number of halogens is 1. The highest BCUT2D eigenvalue weighted by atomic mass is 35.5. The van der Waals surface area contributed by atoms with Gasteiger partial charge in [-0.1, -0.05) is 41.1 Å². The lowest BCUT2D eigenvalue weighted by atomic mass is 9.85. The summed E-state index contributed by atoms with van der Waals surface area (Å²) in [6.07, 6.45) is 7.45. The molecule has 1 unspecified atom stereocenters. The van der Waals surface area contributed by atoms with Gasteiger partial charge < -0.3 is 15.4 Å². The Balaban J connectivity index is 1.24. The first-order valence-corrected chi connectivity index (χ1v) is 13.1. The molecule has 1 fully saturated rings. The number of nitriles is 1. The van der Waals surface area contributed by atoms with Crippen molar-refractivity contribution in [3.8, 4) is 11.9 Å². The first-order chi connectivity index (χ1) is 17.7. The second kappa shape index (κ2) is 9.96. The van der Waals surface area contributed by atoms with Crippen molar-refractivity contribution in [2.45, 2.75) is 44.6 Å². The Morgan fingerprint density at radius 1 is 1.19 bits per heavy atom. The third-order valence-electron chi connectivity index (χ3n) is 6.19. The van der Waals surface area contributed by atoms with E-state index in [1.54, 1.807) is 38.1 Å². The van der Waals surface area contributed by atoms with Crippen LogP contribution in [0.4, 0.5) is 5.13 Å². The van der Waals surface area contributed by atoms with E-state index >= 15 is 0 Å². The van der Waals surface area contributed by atoms with Crippen LogP contribution in [0.2, 0.25) is 5.02 Å². The molecular formula is C27H24ClN5O3S. The predicted octanol–water partition coefficient (Wildman–Crippen LogP) is 5.52. The largest absolute Gasteiger partial charge is 0.470 e. The summed E-state index contributed by atoms with van der Waals surface area (Å²) >= 11 is 7.82. The third kappa shape index (κ3) is 5.50. The zero-order valence-corrected chi connectivity index (χ0v) is 21.8. The number of carbonyl (C=O) groups excluding carboxylic acids is 2. The topological polar surface area (TPSA) is 117 Å². The highest BCUT2D eigenvalue weighted by Crippen LogP contribution is 2.33. The van der Waals surface area contributed by atoms with Crippen molar-refractivity contribution < 1.29 is 14.3 Å². The number of amides is 2. The van der Waals surface area contributed by atoms with Crippen molar-refractivity contribution in [1.29, 1.82) is 5.26 Å².